The van der Waals surface area contributed by atoms with E-state index >= 15 is 0 Å². The van der Waals surface area contributed by atoms with Crippen LogP contribution < -0.4 is 16.0 Å². The first-order valence-corrected chi connectivity index (χ1v) is 18.1. The number of fused-ring (bicyclic) bond motifs is 1. The maximum atomic E-state index is 13.8. The molecule has 0 aliphatic carbocycles. The summed E-state index contributed by atoms with van der Waals surface area (Å²) in [5.41, 5.74) is 3.62. The van der Waals surface area contributed by atoms with Gasteiger partial charge in [-0.2, -0.15) is 0 Å². The van der Waals surface area contributed by atoms with Crippen LogP contribution in [0.3, 0.4) is 0 Å². The zero-order valence-corrected chi connectivity index (χ0v) is 29.6. The van der Waals surface area contributed by atoms with Gasteiger partial charge in [0.05, 0.1) is 10.9 Å². The Hall–Kier alpha value is -5.03. The topological polar surface area (TPSA) is 100 Å². The molecule has 6 rings (SSSR count). The number of anilines is 2. The number of thiazole rings is 1. The molecular formula is C39H31BrN4O3S2. The van der Waals surface area contributed by atoms with E-state index in [9.17, 15) is 14.4 Å². The Morgan fingerprint density at radius 2 is 1.59 bits per heavy atom. The molecule has 0 saturated carbocycles. The van der Waals surface area contributed by atoms with Crippen LogP contribution in [0.2, 0.25) is 0 Å². The molecule has 7 nitrogen and oxygen atoms in total. The van der Waals surface area contributed by atoms with E-state index in [1.54, 1.807) is 36.4 Å². The third-order valence-corrected chi connectivity index (χ3v) is 10.2. The molecule has 0 aliphatic heterocycles. The summed E-state index contributed by atoms with van der Waals surface area (Å²) in [5.74, 6) is -1.02. The second kappa shape index (κ2) is 15.9. The number of carbonyl (C=O) groups is 3. The number of hydrogen-bond acceptors (Lipinski definition) is 6. The number of rotatable bonds is 11. The van der Waals surface area contributed by atoms with Gasteiger partial charge in [0.15, 0.2) is 5.13 Å². The second-order valence-electron chi connectivity index (χ2n) is 11.0. The zero-order valence-electron chi connectivity index (χ0n) is 26.4. The molecule has 49 heavy (non-hydrogen) atoms. The summed E-state index contributed by atoms with van der Waals surface area (Å²) < 4.78 is 0.985. The van der Waals surface area contributed by atoms with Crippen LogP contribution in [0.25, 0.3) is 28.1 Å². The molecule has 244 valence electrons. The third kappa shape index (κ3) is 8.72. The Morgan fingerprint density at radius 3 is 2.39 bits per heavy atom. The number of hydrogen-bond donors (Lipinski definition) is 3. The van der Waals surface area contributed by atoms with E-state index in [1.807, 2.05) is 103 Å². The van der Waals surface area contributed by atoms with Crippen LogP contribution in [0.1, 0.15) is 29.3 Å². The Bertz CT molecular complexity index is 2140. The number of thioether (sulfide) groups is 1. The van der Waals surface area contributed by atoms with Gasteiger partial charge < -0.3 is 16.0 Å². The van der Waals surface area contributed by atoms with Crippen molar-refractivity contribution in [1.82, 2.24) is 10.3 Å². The SMILES string of the molecule is CCC(Sc1cccc(NC(=O)/C(=C\c2cccc3ccccc23)NC(=O)c2ccccc2)c1)C(=O)Nc1nc(-c2ccc(Br)cc2)cs1. The summed E-state index contributed by atoms with van der Waals surface area (Å²) in [5, 5.41) is 12.8. The van der Waals surface area contributed by atoms with Crippen molar-refractivity contribution < 1.29 is 14.4 Å². The second-order valence-corrected chi connectivity index (χ2v) is 14.0. The van der Waals surface area contributed by atoms with Crippen LogP contribution in [-0.2, 0) is 9.59 Å². The predicted molar refractivity (Wildman–Crippen MR) is 205 cm³/mol. The van der Waals surface area contributed by atoms with Gasteiger partial charge in [0.25, 0.3) is 11.8 Å². The average molecular weight is 748 g/mol. The molecule has 5 aromatic carbocycles. The summed E-state index contributed by atoms with van der Waals surface area (Å²) in [6.45, 7) is 1.96. The quantitative estimate of drug-likeness (QED) is 0.0906. The molecule has 0 fully saturated rings. The molecule has 0 bridgehead atoms. The Balaban J connectivity index is 1.18. The molecule has 1 atom stereocenters. The first-order chi connectivity index (χ1) is 23.9. The number of aromatic nitrogens is 1. The number of nitrogens with one attached hydrogen (secondary N) is 3. The molecule has 1 aromatic heterocycles. The van der Waals surface area contributed by atoms with Crippen molar-refractivity contribution in [2.24, 2.45) is 0 Å². The number of carbonyl (C=O) groups excluding carboxylic acids is 3. The monoisotopic (exact) mass is 746 g/mol. The van der Waals surface area contributed by atoms with E-state index in [-0.39, 0.29) is 11.6 Å². The minimum atomic E-state index is -0.477. The molecule has 0 spiro atoms. The Labute approximate surface area is 301 Å². The van der Waals surface area contributed by atoms with Crippen molar-refractivity contribution in [3.63, 3.8) is 0 Å². The van der Waals surface area contributed by atoms with Gasteiger partial charge in [-0.3, -0.25) is 14.4 Å². The van der Waals surface area contributed by atoms with Gasteiger partial charge in [-0.25, -0.2) is 4.98 Å². The highest BCUT2D eigenvalue weighted by molar-refractivity contribution is 9.10. The molecular weight excluding hydrogens is 716 g/mol. The normalized spacial score (nSPS) is 11.9. The van der Waals surface area contributed by atoms with Crippen LogP contribution in [0.15, 0.2) is 142 Å². The smallest absolute Gasteiger partial charge is 0.272 e. The van der Waals surface area contributed by atoms with Crippen LogP contribution in [0.5, 0.6) is 0 Å². The Morgan fingerprint density at radius 1 is 0.857 bits per heavy atom. The van der Waals surface area contributed by atoms with E-state index in [0.717, 1.165) is 37.0 Å². The summed E-state index contributed by atoms with van der Waals surface area (Å²) in [6, 6.07) is 37.6. The lowest BCUT2D eigenvalue weighted by Crippen LogP contribution is -2.30. The first kappa shape index (κ1) is 33.9. The van der Waals surface area contributed by atoms with E-state index in [2.05, 4.69) is 36.9 Å². The summed E-state index contributed by atoms with van der Waals surface area (Å²) >= 11 is 6.24. The minimum Gasteiger partial charge on any atom is -0.321 e. The van der Waals surface area contributed by atoms with Crippen molar-refractivity contribution >= 4 is 84.4 Å². The van der Waals surface area contributed by atoms with Crippen LogP contribution in [-0.4, -0.2) is 28.0 Å². The lowest BCUT2D eigenvalue weighted by molar-refractivity contribution is -0.116. The maximum Gasteiger partial charge on any atom is 0.272 e. The fourth-order valence-corrected chi connectivity index (χ4v) is 7.08. The first-order valence-electron chi connectivity index (χ1n) is 15.5. The Kier molecular flexibility index (Phi) is 11.0. The van der Waals surface area contributed by atoms with Crippen molar-refractivity contribution in [3.05, 3.63) is 148 Å². The molecule has 0 radical (unpaired) electrons. The molecule has 3 N–H and O–H groups in total. The third-order valence-electron chi connectivity index (χ3n) is 7.56. The van der Waals surface area contributed by atoms with Gasteiger partial charge in [-0.05, 0) is 71.3 Å². The lowest BCUT2D eigenvalue weighted by Gasteiger charge is -2.15. The molecule has 3 amide bonds. The molecule has 0 saturated heterocycles. The van der Waals surface area contributed by atoms with Crippen molar-refractivity contribution in [2.45, 2.75) is 23.5 Å². The zero-order chi connectivity index (χ0) is 34.2. The summed E-state index contributed by atoms with van der Waals surface area (Å²) in [4.78, 5) is 45.6. The van der Waals surface area contributed by atoms with E-state index in [0.29, 0.717) is 22.8 Å². The van der Waals surface area contributed by atoms with Crippen LogP contribution >= 0.6 is 39.0 Å². The molecule has 0 aliphatic rings. The van der Waals surface area contributed by atoms with Gasteiger partial charge in [0.2, 0.25) is 5.91 Å². The van der Waals surface area contributed by atoms with Crippen LogP contribution in [0, 0.1) is 0 Å². The summed E-state index contributed by atoms with van der Waals surface area (Å²) in [6.07, 6.45) is 2.27. The van der Waals surface area contributed by atoms with E-state index in [1.165, 1.54) is 23.1 Å². The maximum absolute atomic E-state index is 13.8. The van der Waals surface area contributed by atoms with Gasteiger partial charge >= 0.3 is 0 Å². The predicted octanol–water partition coefficient (Wildman–Crippen LogP) is 9.64. The van der Waals surface area contributed by atoms with E-state index in [4.69, 9.17) is 0 Å². The largest absolute Gasteiger partial charge is 0.321 e. The van der Waals surface area contributed by atoms with Crippen LogP contribution in [0.4, 0.5) is 10.8 Å². The number of amides is 3. The molecule has 6 aromatic rings. The standard InChI is InChI=1S/C39H31BrN4O3S2/c1-2-35(38(47)44-39-43-34(24-48-39)26-18-20-29(40)21-19-26)49-31-16-9-15-30(23-31)41-37(46)33(42-36(45)27-11-4-3-5-12-27)22-28-14-8-13-25-10-6-7-17-32(25)28/h3-24,35H,2H2,1H3,(H,41,46)(H,42,45)(H,43,44,47)/b33-22+. The highest BCUT2D eigenvalue weighted by Gasteiger charge is 2.21. The molecule has 1 unspecified atom stereocenters. The summed E-state index contributed by atoms with van der Waals surface area (Å²) in [7, 11) is 0. The highest BCUT2D eigenvalue weighted by Crippen LogP contribution is 2.31. The highest BCUT2D eigenvalue weighted by atomic mass is 79.9. The van der Waals surface area contributed by atoms with Crippen molar-refractivity contribution in [1.29, 1.82) is 0 Å². The van der Waals surface area contributed by atoms with Crippen molar-refractivity contribution in [2.75, 3.05) is 10.6 Å². The van der Waals surface area contributed by atoms with Gasteiger partial charge in [-0.15, -0.1) is 23.1 Å². The average Bonchev–Trinajstić information content (AvgIpc) is 3.59. The van der Waals surface area contributed by atoms with E-state index < -0.39 is 17.1 Å². The fraction of sp³-hybridized carbons (Fsp3) is 0.0769. The van der Waals surface area contributed by atoms with Gasteiger partial charge in [0, 0.05) is 31.6 Å². The number of nitrogens with zero attached hydrogens (tertiary/aromatic N) is 1. The minimum absolute atomic E-state index is 0.0972. The number of benzene rings is 5. The number of halogens is 1. The molecule has 10 heteroatoms. The van der Waals surface area contributed by atoms with Gasteiger partial charge in [-0.1, -0.05) is 102 Å². The van der Waals surface area contributed by atoms with Crippen molar-refractivity contribution in [3.8, 4) is 11.3 Å². The lowest BCUT2D eigenvalue weighted by atomic mass is 10.0. The van der Waals surface area contributed by atoms with Gasteiger partial charge in [0.1, 0.15) is 5.70 Å². The fourth-order valence-electron chi connectivity index (χ4n) is 5.08. The molecule has 1 heterocycles.